The molecular weight excluding hydrogens is 442 g/mol. The van der Waals surface area contributed by atoms with Crippen LogP contribution in [0.5, 0.6) is 0 Å². The van der Waals surface area contributed by atoms with Gasteiger partial charge in [-0.05, 0) is 30.7 Å². The van der Waals surface area contributed by atoms with Gasteiger partial charge in [0.15, 0.2) is 0 Å². The Morgan fingerprint density at radius 3 is 2.67 bits per heavy atom. The van der Waals surface area contributed by atoms with Crippen LogP contribution in [0.2, 0.25) is 25.7 Å². The normalized spacial score (nSPS) is 12.1. The minimum atomic E-state index is -1.25. The van der Waals surface area contributed by atoms with Gasteiger partial charge in [0.25, 0.3) is 0 Å². The zero-order chi connectivity index (χ0) is 24.6. The molecule has 0 spiro atoms. The zero-order valence-corrected chi connectivity index (χ0v) is 20.6. The summed E-state index contributed by atoms with van der Waals surface area (Å²) in [6.07, 6.45) is 2.01. The predicted octanol–water partition coefficient (Wildman–Crippen LogP) is 4.51. The molecule has 2 aromatic rings. The molecule has 1 aromatic carbocycles. The minimum absolute atomic E-state index is 0.226. The molecule has 0 aliphatic rings. The molecule has 0 saturated heterocycles. The van der Waals surface area contributed by atoms with Crippen molar-refractivity contribution in [2.45, 2.75) is 44.9 Å². The van der Waals surface area contributed by atoms with Crippen LogP contribution in [0.15, 0.2) is 37.1 Å². The summed E-state index contributed by atoms with van der Waals surface area (Å²) >= 11 is 0. The number of aromatic nitrogens is 2. The number of anilines is 2. The number of rotatable bonds is 11. The highest BCUT2D eigenvalue weighted by molar-refractivity contribution is 6.76. The summed E-state index contributed by atoms with van der Waals surface area (Å²) in [5.41, 5.74) is 8.29. The maximum Gasteiger partial charge on any atom is 0.411 e. The maximum absolute atomic E-state index is 11.4. The lowest BCUT2D eigenvalue weighted by Crippen LogP contribution is -2.29. The fraction of sp³-hybridized carbons (Fsp3) is 0.409. The lowest BCUT2D eigenvalue weighted by atomic mass is 10.1. The number of benzene rings is 1. The van der Waals surface area contributed by atoms with Gasteiger partial charge in [0, 0.05) is 37.8 Å². The van der Waals surface area contributed by atoms with Gasteiger partial charge >= 0.3 is 12.2 Å². The van der Waals surface area contributed by atoms with E-state index in [9.17, 15) is 14.7 Å². The summed E-state index contributed by atoms with van der Waals surface area (Å²) in [5, 5.41) is 14.3. The number of nitrogen functional groups attached to an aromatic ring is 1. The van der Waals surface area contributed by atoms with Gasteiger partial charge < -0.3 is 30.2 Å². The Morgan fingerprint density at radius 2 is 2.09 bits per heavy atom. The van der Waals surface area contributed by atoms with Crippen LogP contribution in [0.4, 0.5) is 21.0 Å². The second kappa shape index (κ2) is 11.5. The van der Waals surface area contributed by atoms with Crippen molar-refractivity contribution in [3.63, 3.8) is 0 Å². The molecule has 10 nitrogen and oxygen atoms in total. The molecule has 0 saturated carbocycles. The fourth-order valence-corrected chi connectivity index (χ4v) is 3.83. The molecule has 11 heteroatoms. The molecule has 0 aliphatic heterocycles. The molecule has 0 radical (unpaired) electrons. The standard InChI is InChI=1S/C22H33N5O5Si/c1-6-7-18(26-21(28)29)20-25-19(13-27(20)14-32-10-11-33(3,4)5)16-9-8-15(12-17(16)23)24-22(30)31-2/h6,8-9,12-13,18,26H,1,7,10-11,14,23H2,2-5H3,(H,24,30)(H,28,29)/t18-/m0/s1. The number of imidazole rings is 1. The Hall–Kier alpha value is -3.31. The van der Waals surface area contributed by atoms with Crippen molar-refractivity contribution in [3.05, 3.63) is 42.9 Å². The van der Waals surface area contributed by atoms with E-state index in [0.717, 1.165) is 6.04 Å². The van der Waals surface area contributed by atoms with E-state index in [-0.39, 0.29) is 6.73 Å². The van der Waals surface area contributed by atoms with Gasteiger partial charge in [-0.15, -0.1) is 6.58 Å². The van der Waals surface area contributed by atoms with Crippen LogP contribution >= 0.6 is 0 Å². The number of carboxylic acid groups (broad SMARTS) is 1. The van der Waals surface area contributed by atoms with Gasteiger partial charge in [-0.2, -0.15) is 0 Å². The molecule has 1 aromatic heterocycles. The third-order valence-corrected chi connectivity index (χ3v) is 6.51. The van der Waals surface area contributed by atoms with Gasteiger partial charge in [-0.3, -0.25) is 5.32 Å². The van der Waals surface area contributed by atoms with Crippen LogP contribution in [0, 0.1) is 0 Å². The molecule has 0 bridgehead atoms. The molecule has 1 heterocycles. The van der Waals surface area contributed by atoms with Crippen molar-refractivity contribution in [1.82, 2.24) is 14.9 Å². The highest BCUT2D eigenvalue weighted by Gasteiger charge is 2.22. The number of nitrogens with two attached hydrogens (primary N) is 1. The van der Waals surface area contributed by atoms with Crippen molar-refractivity contribution < 1.29 is 24.2 Å². The maximum atomic E-state index is 11.4. The highest BCUT2D eigenvalue weighted by atomic mass is 28.3. The molecule has 1 atom stereocenters. The average molecular weight is 476 g/mol. The largest absolute Gasteiger partial charge is 0.465 e. The van der Waals surface area contributed by atoms with Crippen LogP contribution in [0.1, 0.15) is 18.3 Å². The first kappa shape index (κ1) is 25.9. The SMILES string of the molecule is C=CC[C@H](NC(=O)O)c1nc(-c2ccc(NC(=O)OC)cc2N)cn1COCC[Si](C)(C)C. The Balaban J connectivity index is 2.36. The van der Waals surface area contributed by atoms with E-state index in [1.54, 1.807) is 35.0 Å². The van der Waals surface area contributed by atoms with Gasteiger partial charge in [-0.1, -0.05) is 25.7 Å². The number of methoxy groups -OCH3 is 1. The van der Waals surface area contributed by atoms with Gasteiger partial charge in [0.05, 0.1) is 18.8 Å². The summed E-state index contributed by atoms with van der Waals surface area (Å²) in [4.78, 5) is 27.5. The number of amides is 2. The van der Waals surface area contributed by atoms with E-state index in [1.165, 1.54) is 7.11 Å². The molecule has 5 N–H and O–H groups in total. The number of ether oxygens (including phenoxy) is 2. The van der Waals surface area contributed by atoms with Crippen LogP contribution in [0.25, 0.3) is 11.3 Å². The fourth-order valence-electron chi connectivity index (χ4n) is 3.07. The highest BCUT2D eigenvalue weighted by Crippen LogP contribution is 2.30. The summed E-state index contributed by atoms with van der Waals surface area (Å²) in [6.45, 7) is 11.4. The van der Waals surface area contributed by atoms with Gasteiger partial charge in [0.2, 0.25) is 0 Å². The molecule has 0 aliphatic carbocycles. The smallest absolute Gasteiger partial charge is 0.411 e. The Bertz CT molecular complexity index is 986. The monoisotopic (exact) mass is 475 g/mol. The quantitative estimate of drug-likeness (QED) is 0.162. The molecule has 0 fully saturated rings. The first-order chi connectivity index (χ1) is 15.5. The zero-order valence-electron chi connectivity index (χ0n) is 19.6. The third-order valence-electron chi connectivity index (χ3n) is 4.81. The van der Waals surface area contributed by atoms with E-state index >= 15 is 0 Å². The molecule has 0 unspecified atom stereocenters. The number of hydrogen-bond donors (Lipinski definition) is 4. The van der Waals surface area contributed by atoms with Crippen molar-refractivity contribution >= 4 is 31.6 Å². The summed E-state index contributed by atoms with van der Waals surface area (Å²) < 4.78 is 12.3. The summed E-state index contributed by atoms with van der Waals surface area (Å²) in [5.74, 6) is 0.497. The molecule has 180 valence electrons. The second-order valence-electron chi connectivity index (χ2n) is 8.75. The van der Waals surface area contributed by atoms with E-state index in [2.05, 4.69) is 46.6 Å². The number of hydrogen-bond acceptors (Lipinski definition) is 6. The van der Waals surface area contributed by atoms with Gasteiger partial charge in [-0.25, -0.2) is 14.6 Å². The molecule has 33 heavy (non-hydrogen) atoms. The Morgan fingerprint density at radius 1 is 1.36 bits per heavy atom. The average Bonchev–Trinajstić information content (AvgIpc) is 3.13. The van der Waals surface area contributed by atoms with E-state index in [1.807, 2.05) is 0 Å². The van der Waals surface area contributed by atoms with Crippen LogP contribution < -0.4 is 16.4 Å². The number of nitrogens with zero attached hydrogens (tertiary/aromatic N) is 2. The van der Waals surface area contributed by atoms with Crippen molar-refractivity contribution in [2.24, 2.45) is 0 Å². The summed E-state index contributed by atoms with van der Waals surface area (Å²) in [6, 6.07) is 5.43. The van der Waals surface area contributed by atoms with Gasteiger partial charge in [0.1, 0.15) is 12.6 Å². The molecule has 2 rings (SSSR count). The topological polar surface area (TPSA) is 141 Å². The van der Waals surface area contributed by atoms with E-state index in [0.29, 0.717) is 41.5 Å². The molecular formula is C22H33N5O5Si. The lowest BCUT2D eigenvalue weighted by molar-refractivity contribution is 0.0837. The van der Waals surface area contributed by atoms with Crippen molar-refractivity contribution in [1.29, 1.82) is 0 Å². The minimum Gasteiger partial charge on any atom is -0.465 e. The number of nitrogens with one attached hydrogen (secondary N) is 2. The molecule has 2 amide bonds. The van der Waals surface area contributed by atoms with Crippen LogP contribution in [0.3, 0.4) is 0 Å². The Kier molecular flexibility index (Phi) is 9.06. The lowest BCUT2D eigenvalue weighted by Gasteiger charge is -2.18. The third kappa shape index (κ3) is 7.95. The number of carbonyl (C=O) groups is 2. The predicted molar refractivity (Wildman–Crippen MR) is 131 cm³/mol. The second-order valence-corrected chi connectivity index (χ2v) is 14.4. The summed E-state index contributed by atoms with van der Waals surface area (Å²) in [7, 11) is 0.0268. The van der Waals surface area contributed by atoms with Crippen LogP contribution in [-0.4, -0.2) is 48.6 Å². The van der Waals surface area contributed by atoms with Crippen LogP contribution in [-0.2, 0) is 16.2 Å². The first-order valence-corrected chi connectivity index (χ1v) is 14.2. The first-order valence-electron chi connectivity index (χ1n) is 10.5. The van der Waals surface area contributed by atoms with Crippen molar-refractivity contribution in [3.8, 4) is 11.3 Å². The van der Waals surface area contributed by atoms with E-state index < -0.39 is 26.3 Å². The number of carbonyl (C=O) groups excluding carboxylic acids is 1. The van der Waals surface area contributed by atoms with Crippen molar-refractivity contribution in [2.75, 3.05) is 24.8 Å². The Labute approximate surface area is 194 Å². The van der Waals surface area contributed by atoms with E-state index in [4.69, 9.17) is 10.5 Å².